The summed E-state index contributed by atoms with van der Waals surface area (Å²) in [6.45, 7) is 0. The average molecular weight is 311 g/mol. The molecule has 0 radical (unpaired) electrons. The molecular weight excluding hydrogens is 300 g/mol. The molecule has 20 heavy (non-hydrogen) atoms. The summed E-state index contributed by atoms with van der Waals surface area (Å²) in [6.07, 6.45) is 0.893. The highest BCUT2D eigenvalue weighted by atomic mass is 35.5. The zero-order valence-electron chi connectivity index (χ0n) is 10.2. The van der Waals surface area contributed by atoms with Crippen molar-refractivity contribution in [2.24, 2.45) is 0 Å². The Kier molecular flexibility index (Phi) is 3.91. The molecule has 1 aromatic carbocycles. The van der Waals surface area contributed by atoms with Crippen molar-refractivity contribution in [2.45, 2.75) is 4.90 Å². The molecular formula is C12H11ClN4O2S. The fraction of sp³-hybridized carbons (Fsp3) is 0. The first kappa shape index (κ1) is 14.3. The van der Waals surface area contributed by atoms with Crippen LogP contribution >= 0.6 is 11.6 Å². The maximum atomic E-state index is 12.3. The van der Waals surface area contributed by atoms with Crippen molar-refractivity contribution in [3.63, 3.8) is 0 Å². The maximum Gasteiger partial charge on any atom is 0.263 e. The number of hydrogen-bond donors (Lipinski definition) is 3. The van der Waals surface area contributed by atoms with Crippen LogP contribution in [-0.2, 0) is 10.0 Å². The number of hydrogen-bond acceptors (Lipinski definition) is 5. The van der Waals surface area contributed by atoms with Crippen LogP contribution in [0.3, 0.4) is 0 Å². The van der Waals surface area contributed by atoms with Gasteiger partial charge < -0.3 is 11.1 Å². The van der Waals surface area contributed by atoms with Gasteiger partial charge in [-0.15, -0.1) is 0 Å². The third-order valence-corrected chi connectivity index (χ3v) is 4.20. The fourth-order valence-electron chi connectivity index (χ4n) is 1.59. The van der Waals surface area contributed by atoms with E-state index in [1.54, 1.807) is 12.1 Å². The highest BCUT2D eigenvalue weighted by Gasteiger charge is 2.20. The van der Waals surface area contributed by atoms with E-state index in [0.29, 0.717) is 0 Å². The van der Waals surface area contributed by atoms with Gasteiger partial charge in [0, 0.05) is 11.8 Å². The summed E-state index contributed by atoms with van der Waals surface area (Å²) >= 11 is 5.88. The Bertz CT molecular complexity index is 762. The van der Waals surface area contributed by atoms with Gasteiger partial charge in [0.25, 0.3) is 10.0 Å². The van der Waals surface area contributed by atoms with Crippen LogP contribution in [0.1, 0.15) is 5.56 Å². The first-order valence-corrected chi connectivity index (χ1v) is 7.34. The number of nitrogen functional groups attached to an aromatic ring is 1. The van der Waals surface area contributed by atoms with Crippen LogP contribution in [0.2, 0.25) is 5.02 Å². The van der Waals surface area contributed by atoms with E-state index >= 15 is 0 Å². The molecule has 0 amide bonds. The van der Waals surface area contributed by atoms with Gasteiger partial charge in [-0.25, -0.2) is 13.4 Å². The van der Waals surface area contributed by atoms with Crippen LogP contribution in [0, 0.1) is 5.41 Å². The Labute approximate surface area is 121 Å². The third kappa shape index (κ3) is 2.89. The number of pyridine rings is 1. The zero-order valence-corrected chi connectivity index (χ0v) is 11.7. The lowest BCUT2D eigenvalue weighted by Gasteiger charge is -2.10. The van der Waals surface area contributed by atoms with E-state index in [1.807, 2.05) is 0 Å². The molecule has 0 saturated heterocycles. The monoisotopic (exact) mass is 310 g/mol. The second-order valence-electron chi connectivity index (χ2n) is 3.85. The Hall–Kier alpha value is -2.12. The second kappa shape index (κ2) is 5.48. The first-order valence-electron chi connectivity index (χ1n) is 5.48. The van der Waals surface area contributed by atoms with Crippen LogP contribution in [0.15, 0.2) is 41.3 Å². The van der Waals surface area contributed by atoms with Crippen LogP contribution < -0.4 is 10.5 Å². The fourth-order valence-corrected chi connectivity index (χ4v) is 3.09. The summed E-state index contributed by atoms with van der Waals surface area (Å²) in [5.74, 6) is 0.296. The number of nitrogens with one attached hydrogen (secondary N) is 2. The molecule has 6 nitrogen and oxygen atoms in total. The van der Waals surface area contributed by atoms with Crippen LogP contribution in [0.4, 0.5) is 11.6 Å². The van der Waals surface area contributed by atoms with Gasteiger partial charge in [0.2, 0.25) is 0 Å². The highest BCUT2D eigenvalue weighted by molar-refractivity contribution is 7.92. The van der Waals surface area contributed by atoms with Crippen molar-refractivity contribution >= 4 is 39.5 Å². The molecule has 8 heteroatoms. The maximum absolute atomic E-state index is 12.3. The first-order chi connectivity index (χ1) is 9.44. The molecule has 2 aromatic rings. The minimum Gasteiger partial charge on any atom is -0.384 e. The number of aromatic nitrogens is 1. The topological polar surface area (TPSA) is 109 Å². The molecule has 0 bridgehead atoms. The summed E-state index contributed by atoms with van der Waals surface area (Å²) in [5.41, 5.74) is 5.61. The summed E-state index contributed by atoms with van der Waals surface area (Å²) in [5, 5.41) is 7.47. The Morgan fingerprint density at radius 2 is 1.95 bits per heavy atom. The Balaban J connectivity index is 2.46. The predicted octanol–water partition coefficient (Wildman–Crippen LogP) is 2.12. The summed E-state index contributed by atoms with van der Waals surface area (Å²) in [6, 6.07) is 8.97. The van der Waals surface area contributed by atoms with Crippen LogP contribution in [0.25, 0.3) is 0 Å². The number of halogens is 1. The van der Waals surface area contributed by atoms with Crippen molar-refractivity contribution in [1.29, 1.82) is 5.41 Å². The van der Waals surface area contributed by atoms with Crippen molar-refractivity contribution in [2.75, 3.05) is 10.5 Å². The van der Waals surface area contributed by atoms with Gasteiger partial charge in [-0.1, -0.05) is 23.7 Å². The van der Waals surface area contributed by atoms with Crippen LogP contribution in [-0.4, -0.2) is 19.6 Å². The molecule has 0 atom stereocenters. The van der Waals surface area contributed by atoms with Gasteiger partial charge in [-0.05, 0) is 24.3 Å². The molecule has 0 aliphatic carbocycles. The van der Waals surface area contributed by atoms with E-state index < -0.39 is 10.0 Å². The average Bonchev–Trinajstić information content (AvgIpc) is 2.38. The highest BCUT2D eigenvalue weighted by Crippen LogP contribution is 2.24. The minimum atomic E-state index is -3.90. The summed E-state index contributed by atoms with van der Waals surface area (Å²) in [7, 11) is -3.90. The molecule has 0 aliphatic rings. The largest absolute Gasteiger partial charge is 0.384 e. The van der Waals surface area contributed by atoms with Gasteiger partial charge in [0.1, 0.15) is 11.6 Å². The van der Waals surface area contributed by atoms with Gasteiger partial charge in [-0.2, -0.15) is 0 Å². The molecule has 0 unspecified atom stereocenters. The molecule has 2 rings (SSSR count). The van der Waals surface area contributed by atoms with E-state index in [9.17, 15) is 8.42 Å². The molecule has 1 heterocycles. The number of rotatable bonds is 4. The number of sulfonamides is 1. The lowest BCUT2D eigenvalue weighted by molar-refractivity contribution is 0.601. The molecule has 1 aromatic heterocycles. The normalized spacial score (nSPS) is 11.1. The van der Waals surface area contributed by atoms with Crippen molar-refractivity contribution in [3.8, 4) is 0 Å². The van der Waals surface area contributed by atoms with Gasteiger partial charge in [0.05, 0.1) is 9.92 Å². The third-order valence-electron chi connectivity index (χ3n) is 2.46. The second-order valence-corrected chi connectivity index (χ2v) is 5.91. The number of benzene rings is 1. The number of nitrogens with two attached hydrogens (primary N) is 1. The van der Waals surface area contributed by atoms with E-state index in [-0.39, 0.29) is 27.1 Å². The van der Waals surface area contributed by atoms with E-state index in [4.69, 9.17) is 22.7 Å². The van der Waals surface area contributed by atoms with E-state index in [1.165, 1.54) is 24.3 Å². The molecule has 4 N–H and O–H groups in total. The van der Waals surface area contributed by atoms with Crippen molar-refractivity contribution < 1.29 is 8.42 Å². The molecule has 0 spiro atoms. The van der Waals surface area contributed by atoms with Crippen molar-refractivity contribution in [1.82, 2.24) is 4.98 Å². The SMILES string of the molecule is N=Cc1c(Cl)cccc1S(=O)(=O)Nc1cccc(N)n1. The molecule has 0 aliphatic heterocycles. The Morgan fingerprint density at radius 1 is 1.25 bits per heavy atom. The molecule has 104 valence electrons. The predicted molar refractivity (Wildman–Crippen MR) is 78.8 cm³/mol. The number of nitrogens with zero attached hydrogens (tertiary/aromatic N) is 1. The minimum absolute atomic E-state index is 0.0933. The van der Waals surface area contributed by atoms with Crippen LogP contribution in [0.5, 0.6) is 0 Å². The standard InChI is InChI=1S/C12H11ClN4O2S/c13-9-3-1-4-10(8(9)7-14)20(18,19)17-12-6-2-5-11(15)16-12/h1-7,14H,(H3,15,16,17). The quantitative estimate of drug-likeness (QED) is 0.751. The summed E-state index contributed by atoms with van der Waals surface area (Å²) < 4.78 is 26.9. The number of anilines is 2. The van der Waals surface area contributed by atoms with Gasteiger partial charge >= 0.3 is 0 Å². The summed E-state index contributed by atoms with van der Waals surface area (Å²) in [4.78, 5) is 3.77. The zero-order chi connectivity index (χ0) is 14.8. The lowest BCUT2D eigenvalue weighted by Crippen LogP contribution is -2.16. The Morgan fingerprint density at radius 3 is 2.60 bits per heavy atom. The van der Waals surface area contributed by atoms with Gasteiger partial charge in [-0.3, -0.25) is 4.72 Å². The molecule has 0 fully saturated rings. The van der Waals surface area contributed by atoms with E-state index in [0.717, 1.165) is 6.21 Å². The van der Waals surface area contributed by atoms with Crippen molar-refractivity contribution in [3.05, 3.63) is 47.0 Å². The van der Waals surface area contributed by atoms with Gasteiger partial charge in [0.15, 0.2) is 0 Å². The molecule has 0 saturated carbocycles. The lowest BCUT2D eigenvalue weighted by atomic mass is 10.2. The smallest absolute Gasteiger partial charge is 0.263 e. The van der Waals surface area contributed by atoms with E-state index in [2.05, 4.69) is 9.71 Å².